The van der Waals surface area contributed by atoms with Gasteiger partial charge in [0, 0.05) is 18.1 Å². The van der Waals surface area contributed by atoms with E-state index in [9.17, 15) is 0 Å². The Morgan fingerprint density at radius 1 is 1.20 bits per heavy atom. The molecule has 0 aromatic heterocycles. The van der Waals surface area contributed by atoms with Gasteiger partial charge in [0.05, 0.1) is 0 Å². The molecule has 3 atom stereocenters. The summed E-state index contributed by atoms with van der Waals surface area (Å²) in [6.45, 7) is 0. The van der Waals surface area contributed by atoms with E-state index < -0.39 is 0 Å². The van der Waals surface area contributed by atoms with Crippen molar-refractivity contribution < 1.29 is 0 Å². The van der Waals surface area contributed by atoms with E-state index in [2.05, 4.69) is 5.32 Å². The molecule has 10 heavy (non-hydrogen) atoms. The van der Waals surface area contributed by atoms with Gasteiger partial charge in [0.25, 0.3) is 0 Å². The maximum Gasteiger partial charge on any atom is 0.0207 e. The number of hydrogen-bond donors (Lipinski definition) is 3. The van der Waals surface area contributed by atoms with E-state index in [0.29, 0.717) is 6.04 Å². The molecule has 60 valence electrons. The number of rotatable bonds is 1. The second-order valence-electron chi connectivity index (χ2n) is 3.13. The average molecular weight is 143 g/mol. The van der Waals surface area contributed by atoms with Crippen LogP contribution in [0.2, 0.25) is 0 Å². The Labute approximate surface area is 62.2 Å². The van der Waals surface area contributed by atoms with E-state index in [1.807, 2.05) is 7.05 Å². The normalized spacial score (nSPS) is 41.7. The fourth-order valence-corrected chi connectivity index (χ4v) is 1.49. The van der Waals surface area contributed by atoms with Gasteiger partial charge in [0.2, 0.25) is 0 Å². The Kier molecular flexibility index (Phi) is 2.65. The summed E-state index contributed by atoms with van der Waals surface area (Å²) in [7, 11) is 1.98. The molecule has 0 bridgehead atoms. The van der Waals surface area contributed by atoms with Crippen molar-refractivity contribution in [2.75, 3.05) is 7.05 Å². The lowest BCUT2D eigenvalue weighted by molar-refractivity contribution is 0.319. The summed E-state index contributed by atoms with van der Waals surface area (Å²) in [5, 5.41) is 3.22. The lowest BCUT2D eigenvalue weighted by Crippen LogP contribution is -2.50. The second-order valence-corrected chi connectivity index (χ2v) is 3.13. The van der Waals surface area contributed by atoms with Crippen molar-refractivity contribution in [1.82, 2.24) is 5.32 Å². The lowest BCUT2D eigenvalue weighted by Gasteiger charge is -2.31. The summed E-state index contributed by atoms with van der Waals surface area (Å²) in [5.41, 5.74) is 11.5. The first-order valence-electron chi connectivity index (χ1n) is 3.92. The van der Waals surface area contributed by atoms with Gasteiger partial charge < -0.3 is 16.8 Å². The van der Waals surface area contributed by atoms with Gasteiger partial charge in [-0.25, -0.2) is 0 Å². The minimum atomic E-state index is 0.200. The van der Waals surface area contributed by atoms with Crippen LogP contribution in [0, 0.1) is 0 Å². The number of hydrogen-bond acceptors (Lipinski definition) is 3. The third kappa shape index (κ3) is 1.68. The van der Waals surface area contributed by atoms with Gasteiger partial charge in [-0.3, -0.25) is 0 Å². The first-order chi connectivity index (χ1) is 4.74. The van der Waals surface area contributed by atoms with Gasteiger partial charge in [-0.1, -0.05) is 0 Å². The molecule has 5 N–H and O–H groups in total. The maximum atomic E-state index is 5.78. The van der Waals surface area contributed by atoms with Gasteiger partial charge in [-0.05, 0) is 26.3 Å². The second kappa shape index (κ2) is 3.32. The summed E-state index contributed by atoms with van der Waals surface area (Å²) >= 11 is 0. The fraction of sp³-hybridized carbons (Fsp3) is 1.00. The van der Waals surface area contributed by atoms with E-state index in [0.717, 1.165) is 12.8 Å². The number of nitrogens with one attached hydrogen (secondary N) is 1. The molecule has 0 aromatic carbocycles. The van der Waals surface area contributed by atoms with Gasteiger partial charge in [-0.15, -0.1) is 0 Å². The van der Waals surface area contributed by atoms with Crippen LogP contribution in [0.15, 0.2) is 0 Å². The van der Waals surface area contributed by atoms with Crippen molar-refractivity contribution in [2.24, 2.45) is 11.5 Å². The third-order valence-corrected chi connectivity index (χ3v) is 2.36. The van der Waals surface area contributed by atoms with Gasteiger partial charge >= 0.3 is 0 Å². The van der Waals surface area contributed by atoms with E-state index >= 15 is 0 Å². The van der Waals surface area contributed by atoms with Gasteiger partial charge in [0.1, 0.15) is 0 Å². The van der Waals surface area contributed by atoms with E-state index in [4.69, 9.17) is 11.5 Å². The van der Waals surface area contributed by atoms with E-state index in [1.165, 1.54) is 6.42 Å². The third-order valence-electron chi connectivity index (χ3n) is 2.36. The van der Waals surface area contributed by atoms with Crippen molar-refractivity contribution in [1.29, 1.82) is 0 Å². The monoisotopic (exact) mass is 143 g/mol. The van der Waals surface area contributed by atoms with Crippen LogP contribution in [0.4, 0.5) is 0 Å². The molecule has 0 heterocycles. The topological polar surface area (TPSA) is 64.1 Å². The highest BCUT2D eigenvalue weighted by molar-refractivity contribution is 4.87. The summed E-state index contributed by atoms with van der Waals surface area (Å²) in [6.07, 6.45) is 3.26. The summed E-state index contributed by atoms with van der Waals surface area (Å²) in [5.74, 6) is 0. The molecule has 0 amide bonds. The summed E-state index contributed by atoms with van der Waals surface area (Å²) < 4.78 is 0. The molecular weight excluding hydrogens is 126 g/mol. The Morgan fingerprint density at radius 3 is 2.40 bits per heavy atom. The minimum Gasteiger partial charge on any atom is -0.326 e. The Hall–Kier alpha value is -0.120. The molecule has 1 fully saturated rings. The molecule has 0 saturated heterocycles. The molecule has 3 nitrogen and oxygen atoms in total. The molecule has 0 aliphatic heterocycles. The Morgan fingerprint density at radius 2 is 1.90 bits per heavy atom. The number of nitrogens with two attached hydrogens (primary N) is 2. The van der Waals surface area contributed by atoms with E-state index in [1.54, 1.807) is 0 Å². The first-order valence-corrected chi connectivity index (χ1v) is 3.92. The van der Waals surface area contributed by atoms with Crippen LogP contribution in [0.3, 0.4) is 0 Å². The predicted molar refractivity (Wildman–Crippen MR) is 42.6 cm³/mol. The molecule has 3 unspecified atom stereocenters. The SMILES string of the molecule is CNC1CCC(N)C(N)C1. The zero-order chi connectivity index (χ0) is 7.56. The average Bonchev–Trinajstić information content (AvgIpc) is 1.95. The predicted octanol–water partition coefficient (Wildman–Crippen LogP) is -0.587. The molecule has 3 heteroatoms. The zero-order valence-corrected chi connectivity index (χ0v) is 6.51. The van der Waals surface area contributed by atoms with Crippen molar-refractivity contribution in [2.45, 2.75) is 37.4 Å². The van der Waals surface area contributed by atoms with Crippen LogP contribution in [0.5, 0.6) is 0 Å². The van der Waals surface area contributed by atoms with Gasteiger partial charge in [0.15, 0.2) is 0 Å². The lowest BCUT2D eigenvalue weighted by atomic mass is 9.88. The molecule has 0 radical (unpaired) electrons. The highest BCUT2D eigenvalue weighted by Gasteiger charge is 2.23. The van der Waals surface area contributed by atoms with Gasteiger partial charge in [-0.2, -0.15) is 0 Å². The van der Waals surface area contributed by atoms with Crippen molar-refractivity contribution in [3.05, 3.63) is 0 Å². The van der Waals surface area contributed by atoms with Crippen LogP contribution in [0.1, 0.15) is 19.3 Å². The molecule has 1 aliphatic carbocycles. The highest BCUT2D eigenvalue weighted by atomic mass is 14.9. The molecule has 1 rings (SSSR count). The van der Waals surface area contributed by atoms with Crippen molar-refractivity contribution in [3.63, 3.8) is 0 Å². The summed E-state index contributed by atoms with van der Waals surface area (Å²) in [4.78, 5) is 0. The highest BCUT2D eigenvalue weighted by Crippen LogP contribution is 2.15. The first kappa shape index (κ1) is 7.98. The molecular formula is C7H17N3. The molecule has 1 aliphatic rings. The van der Waals surface area contributed by atoms with Crippen LogP contribution >= 0.6 is 0 Å². The molecule has 1 saturated carbocycles. The Balaban J connectivity index is 2.33. The van der Waals surface area contributed by atoms with Crippen LogP contribution in [-0.4, -0.2) is 25.2 Å². The van der Waals surface area contributed by atoms with Crippen molar-refractivity contribution >= 4 is 0 Å². The van der Waals surface area contributed by atoms with Crippen LogP contribution in [0.25, 0.3) is 0 Å². The Bertz CT molecular complexity index is 105. The fourth-order valence-electron chi connectivity index (χ4n) is 1.49. The minimum absolute atomic E-state index is 0.200. The molecule has 0 spiro atoms. The van der Waals surface area contributed by atoms with Crippen molar-refractivity contribution in [3.8, 4) is 0 Å². The van der Waals surface area contributed by atoms with E-state index in [-0.39, 0.29) is 12.1 Å². The largest absolute Gasteiger partial charge is 0.326 e. The zero-order valence-electron chi connectivity index (χ0n) is 6.51. The summed E-state index contributed by atoms with van der Waals surface area (Å²) in [6, 6.07) is 1.02. The standard InChI is InChI=1S/C7H17N3/c1-10-5-2-3-6(8)7(9)4-5/h5-7,10H,2-4,8-9H2,1H3. The quantitative estimate of drug-likeness (QED) is 0.460. The smallest absolute Gasteiger partial charge is 0.0207 e. The molecule has 0 aromatic rings. The van der Waals surface area contributed by atoms with Crippen LogP contribution < -0.4 is 16.8 Å². The van der Waals surface area contributed by atoms with Crippen LogP contribution in [-0.2, 0) is 0 Å². The maximum absolute atomic E-state index is 5.78.